The Hall–Kier alpha value is -2.38. The van der Waals surface area contributed by atoms with Crippen molar-refractivity contribution < 1.29 is 17.8 Å². The highest BCUT2D eigenvalue weighted by atomic mass is 32.2. The predicted molar refractivity (Wildman–Crippen MR) is 90.3 cm³/mol. The molecule has 2 aromatic carbocycles. The van der Waals surface area contributed by atoms with Crippen LogP contribution in [0, 0.1) is 6.92 Å². The first-order chi connectivity index (χ1) is 10.7. The Labute approximate surface area is 135 Å². The van der Waals surface area contributed by atoms with Gasteiger partial charge in [-0.15, -0.1) is 0 Å². The summed E-state index contributed by atoms with van der Waals surface area (Å²) in [4.78, 5) is 10.9. The molecule has 0 unspecified atom stereocenters. The maximum absolute atomic E-state index is 11.7. The van der Waals surface area contributed by atoms with Crippen LogP contribution in [0.25, 0.3) is 11.1 Å². The number of benzene rings is 2. The van der Waals surface area contributed by atoms with Gasteiger partial charge in [0, 0.05) is 30.9 Å². The highest BCUT2D eigenvalue weighted by molar-refractivity contribution is 7.86. The molecule has 0 fully saturated rings. The van der Waals surface area contributed by atoms with Crippen molar-refractivity contribution in [3.8, 4) is 11.1 Å². The van der Waals surface area contributed by atoms with Crippen molar-refractivity contribution in [2.75, 3.05) is 17.7 Å². The minimum Gasteiger partial charge on any atom is -0.388 e. The van der Waals surface area contributed by atoms with Crippen LogP contribution < -0.4 is 10.6 Å². The van der Waals surface area contributed by atoms with Gasteiger partial charge in [0.2, 0.25) is 5.91 Å². The average molecular weight is 334 g/mol. The second-order valence-corrected chi connectivity index (χ2v) is 6.54. The van der Waals surface area contributed by atoms with Gasteiger partial charge in [0.05, 0.1) is 0 Å². The molecule has 122 valence electrons. The number of amides is 1. The van der Waals surface area contributed by atoms with Gasteiger partial charge in [0.25, 0.3) is 10.1 Å². The van der Waals surface area contributed by atoms with Crippen LogP contribution in [0.5, 0.6) is 0 Å². The van der Waals surface area contributed by atoms with Gasteiger partial charge in [-0.25, -0.2) is 0 Å². The molecular weight excluding hydrogens is 316 g/mol. The molecule has 23 heavy (non-hydrogen) atoms. The van der Waals surface area contributed by atoms with Gasteiger partial charge < -0.3 is 10.6 Å². The summed E-state index contributed by atoms with van der Waals surface area (Å²) in [7, 11) is -2.71. The smallest absolute Gasteiger partial charge is 0.295 e. The number of nitrogens with one attached hydrogen (secondary N) is 2. The molecule has 7 heteroatoms. The summed E-state index contributed by atoms with van der Waals surface area (Å²) < 4.78 is 32.9. The van der Waals surface area contributed by atoms with Crippen molar-refractivity contribution in [3.63, 3.8) is 0 Å². The van der Waals surface area contributed by atoms with Crippen LogP contribution in [-0.4, -0.2) is 25.9 Å². The van der Waals surface area contributed by atoms with Gasteiger partial charge in [-0.1, -0.05) is 12.1 Å². The summed E-state index contributed by atoms with van der Waals surface area (Å²) in [6.07, 6.45) is 0. The van der Waals surface area contributed by atoms with E-state index in [1.165, 1.54) is 13.0 Å². The van der Waals surface area contributed by atoms with Gasteiger partial charge in [0.1, 0.15) is 4.90 Å². The molecule has 0 aliphatic carbocycles. The third-order valence-electron chi connectivity index (χ3n) is 3.39. The largest absolute Gasteiger partial charge is 0.388 e. The summed E-state index contributed by atoms with van der Waals surface area (Å²) in [5, 5.41) is 5.51. The molecule has 2 rings (SSSR count). The zero-order valence-corrected chi connectivity index (χ0v) is 13.9. The van der Waals surface area contributed by atoms with Crippen LogP contribution in [-0.2, 0) is 14.9 Å². The van der Waals surface area contributed by atoms with Gasteiger partial charge >= 0.3 is 0 Å². The van der Waals surface area contributed by atoms with Crippen molar-refractivity contribution in [2.24, 2.45) is 0 Å². The Balaban J connectivity index is 2.60. The number of hydrogen-bond acceptors (Lipinski definition) is 4. The third-order valence-corrected chi connectivity index (χ3v) is 4.28. The van der Waals surface area contributed by atoms with E-state index in [0.717, 1.165) is 5.56 Å². The van der Waals surface area contributed by atoms with Gasteiger partial charge in [-0.2, -0.15) is 8.42 Å². The molecule has 1 amide bonds. The molecule has 0 aliphatic heterocycles. The van der Waals surface area contributed by atoms with Crippen LogP contribution in [0.1, 0.15) is 12.5 Å². The third kappa shape index (κ3) is 3.88. The molecule has 6 nitrogen and oxygen atoms in total. The molecule has 0 spiro atoms. The van der Waals surface area contributed by atoms with Crippen molar-refractivity contribution in [1.29, 1.82) is 0 Å². The maximum Gasteiger partial charge on any atom is 0.295 e. The molecule has 0 heterocycles. The molecule has 0 atom stereocenters. The van der Waals surface area contributed by atoms with Crippen LogP contribution >= 0.6 is 0 Å². The number of carbonyl (C=O) groups is 1. The quantitative estimate of drug-likeness (QED) is 0.747. The maximum atomic E-state index is 11.7. The lowest BCUT2D eigenvalue weighted by Gasteiger charge is -2.13. The monoisotopic (exact) mass is 334 g/mol. The second-order valence-electron chi connectivity index (χ2n) is 5.15. The molecule has 3 N–H and O–H groups in total. The fourth-order valence-electron chi connectivity index (χ4n) is 2.36. The number of aryl methyl sites for hydroxylation is 1. The predicted octanol–water partition coefficient (Wildman–Crippen LogP) is 2.91. The lowest BCUT2D eigenvalue weighted by Crippen LogP contribution is -2.06. The first kappa shape index (κ1) is 17.0. The zero-order chi connectivity index (χ0) is 17.2. The van der Waals surface area contributed by atoms with Crippen LogP contribution in [0.4, 0.5) is 11.4 Å². The Morgan fingerprint density at radius 3 is 2.17 bits per heavy atom. The Bertz CT molecular complexity index is 860. The fraction of sp³-hybridized carbons (Fsp3) is 0.188. The van der Waals surface area contributed by atoms with E-state index in [1.54, 1.807) is 44.3 Å². The Kier molecular flexibility index (Phi) is 4.72. The summed E-state index contributed by atoms with van der Waals surface area (Å²) in [6, 6.07) is 9.88. The molecule has 0 saturated heterocycles. The van der Waals surface area contributed by atoms with Crippen molar-refractivity contribution in [1.82, 2.24) is 0 Å². The minimum absolute atomic E-state index is 0.167. The highest BCUT2D eigenvalue weighted by Gasteiger charge is 2.18. The standard InChI is InChI=1S/C16H18N2O4S/c1-10-8-13(18-11(2)19)5-6-14(10)15-7-4-12(17-3)9-16(15)23(20,21)22/h4-9,17H,1-3H3,(H,18,19)(H,20,21,22). The number of anilines is 2. The molecular formula is C16H18N2O4S. The van der Waals surface area contributed by atoms with E-state index in [1.807, 2.05) is 0 Å². The van der Waals surface area contributed by atoms with E-state index in [0.29, 0.717) is 22.5 Å². The minimum atomic E-state index is -4.37. The van der Waals surface area contributed by atoms with Crippen LogP contribution in [0.2, 0.25) is 0 Å². The van der Waals surface area contributed by atoms with E-state index in [2.05, 4.69) is 10.6 Å². The summed E-state index contributed by atoms with van der Waals surface area (Å²) in [6.45, 7) is 3.22. The normalized spacial score (nSPS) is 11.1. The van der Waals surface area contributed by atoms with E-state index < -0.39 is 10.1 Å². The molecule has 2 aromatic rings. The number of carbonyl (C=O) groups excluding carboxylic acids is 1. The summed E-state index contributed by atoms with van der Waals surface area (Å²) in [5.74, 6) is -0.186. The molecule has 0 radical (unpaired) electrons. The van der Waals surface area contributed by atoms with Gasteiger partial charge in [0.15, 0.2) is 0 Å². The SMILES string of the molecule is CNc1ccc(-c2ccc(NC(C)=O)cc2C)c(S(=O)(=O)O)c1. The average Bonchev–Trinajstić information content (AvgIpc) is 2.45. The Morgan fingerprint density at radius 1 is 1.04 bits per heavy atom. The number of hydrogen-bond donors (Lipinski definition) is 3. The van der Waals surface area contributed by atoms with Crippen LogP contribution in [0.3, 0.4) is 0 Å². The Morgan fingerprint density at radius 2 is 1.65 bits per heavy atom. The first-order valence-corrected chi connectivity index (χ1v) is 8.34. The molecule has 0 bridgehead atoms. The highest BCUT2D eigenvalue weighted by Crippen LogP contribution is 2.33. The summed E-state index contributed by atoms with van der Waals surface area (Å²) >= 11 is 0. The van der Waals surface area contributed by atoms with Crippen LogP contribution in [0.15, 0.2) is 41.3 Å². The molecule has 0 saturated carbocycles. The van der Waals surface area contributed by atoms with Crippen molar-refractivity contribution >= 4 is 27.4 Å². The first-order valence-electron chi connectivity index (χ1n) is 6.90. The van der Waals surface area contributed by atoms with E-state index in [-0.39, 0.29) is 10.8 Å². The topological polar surface area (TPSA) is 95.5 Å². The van der Waals surface area contributed by atoms with Gasteiger partial charge in [-0.05, 0) is 42.3 Å². The lowest BCUT2D eigenvalue weighted by molar-refractivity contribution is -0.114. The van der Waals surface area contributed by atoms with Gasteiger partial charge in [-0.3, -0.25) is 9.35 Å². The van der Waals surface area contributed by atoms with E-state index in [4.69, 9.17) is 0 Å². The van der Waals surface area contributed by atoms with Crippen molar-refractivity contribution in [2.45, 2.75) is 18.7 Å². The van der Waals surface area contributed by atoms with Crippen molar-refractivity contribution in [3.05, 3.63) is 42.0 Å². The number of rotatable bonds is 4. The second kappa shape index (κ2) is 6.39. The lowest BCUT2D eigenvalue weighted by atomic mass is 9.99. The van der Waals surface area contributed by atoms with E-state index >= 15 is 0 Å². The zero-order valence-electron chi connectivity index (χ0n) is 13.0. The van der Waals surface area contributed by atoms with E-state index in [9.17, 15) is 17.8 Å². The molecule has 0 aromatic heterocycles. The molecule has 0 aliphatic rings. The fourth-order valence-corrected chi connectivity index (χ4v) is 3.09. The summed E-state index contributed by atoms with van der Waals surface area (Å²) in [5.41, 5.74) is 3.04.